The van der Waals surface area contributed by atoms with E-state index in [1.165, 1.54) is 6.42 Å². The molecule has 2 saturated carbocycles. The van der Waals surface area contributed by atoms with Crippen molar-refractivity contribution in [2.24, 2.45) is 11.1 Å². The monoisotopic (exact) mass is 489 g/mol. The van der Waals surface area contributed by atoms with Crippen molar-refractivity contribution < 1.29 is 13.6 Å². The Balaban J connectivity index is 1.55. The Morgan fingerprint density at radius 3 is 2.56 bits per heavy atom. The summed E-state index contributed by atoms with van der Waals surface area (Å²) in [5, 5.41) is 6.19. The van der Waals surface area contributed by atoms with E-state index in [0.29, 0.717) is 54.8 Å². The molecule has 0 saturated heterocycles. The maximum atomic E-state index is 14.6. The molecule has 2 heterocycles. The number of fused-ring (bicyclic) bond motifs is 1. The number of nitrogens with zero attached hydrogens (tertiary/aromatic N) is 4. The Hall–Kier alpha value is -3.01. The fraction of sp³-hybridized carbons (Fsp3) is 0.478. The molecule has 0 atom stereocenters. The van der Waals surface area contributed by atoms with Crippen LogP contribution in [0.4, 0.5) is 26.4 Å². The van der Waals surface area contributed by atoms with Gasteiger partial charge in [0, 0.05) is 23.6 Å². The van der Waals surface area contributed by atoms with E-state index in [9.17, 15) is 13.6 Å². The van der Waals surface area contributed by atoms with Crippen molar-refractivity contribution in [3.63, 3.8) is 0 Å². The maximum Gasteiger partial charge on any atom is 0.224 e. The van der Waals surface area contributed by atoms with Crippen LogP contribution in [0.25, 0.3) is 11.2 Å². The first-order valence-corrected chi connectivity index (χ1v) is 11.8. The molecule has 1 aromatic carbocycles. The third kappa shape index (κ3) is 4.15. The van der Waals surface area contributed by atoms with Gasteiger partial charge in [-0.15, -0.1) is 0 Å². The Kier molecular flexibility index (Phi) is 5.79. The Labute approximate surface area is 200 Å². The summed E-state index contributed by atoms with van der Waals surface area (Å²) in [4.78, 5) is 25.7. The summed E-state index contributed by atoms with van der Waals surface area (Å²) in [6.45, 7) is 1.88. The largest absolute Gasteiger partial charge is 0.369 e. The number of primary amides is 1. The minimum atomic E-state index is -0.827. The molecule has 11 heteroatoms. The summed E-state index contributed by atoms with van der Waals surface area (Å²) in [7, 11) is 0. The summed E-state index contributed by atoms with van der Waals surface area (Å²) in [5.74, 6) is -1.07. The van der Waals surface area contributed by atoms with Gasteiger partial charge in [-0.05, 0) is 51.0 Å². The number of carbonyl (C=O) groups is 1. The van der Waals surface area contributed by atoms with Gasteiger partial charge in [0.05, 0.1) is 16.9 Å². The van der Waals surface area contributed by atoms with Gasteiger partial charge >= 0.3 is 0 Å². The van der Waals surface area contributed by atoms with Crippen LogP contribution < -0.4 is 16.4 Å². The minimum absolute atomic E-state index is 0.0614. The quantitative estimate of drug-likeness (QED) is 0.445. The van der Waals surface area contributed by atoms with Crippen LogP contribution in [0.1, 0.15) is 57.9 Å². The number of amides is 1. The fourth-order valence-electron chi connectivity index (χ4n) is 4.65. The smallest absolute Gasteiger partial charge is 0.224 e. The first-order valence-electron chi connectivity index (χ1n) is 11.5. The fourth-order valence-corrected chi connectivity index (χ4v) is 4.89. The number of hydrogen-bond donors (Lipinski definition) is 3. The van der Waals surface area contributed by atoms with Crippen LogP contribution in [0.5, 0.6) is 0 Å². The van der Waals surface area contributed by atoms with E-state index < -0.39 is 17.0 Å². The second-order valence-electron chi connectivity index (χ2n) is 9.51. The van der Waals surface area contributed by atoms with Crippen molar-refractivity contribution in [1.29, 1.82) is 0 Å². The molecule has 5 rings (SSSR count). The van der Waals surface area contributed by atoms with Crippen molar-refractivity contribution >= 4 is 46.3 Å². The van der Waals surface area contributed by atoms with Crippen LogP contribution in [0.3, 0.4) is 0 Å². The van der Waals surface area contributed by atoms with Crippen molar-refractivity contribution in [2.75, 3.05) is 10.6 Å². The van der Waals surface area contributed by atoms with E-state index in [1.54, 1.807) is 6.20 Å². The molecule has 2 aliphatic carbocycles. The average molecular weight is 490 g/mol. The number of nitrogens with two attached hydrogens (primary N) is 1. The lowest BCUT2D eigenvalue weighted by Crippen LogP contribution is -2.38. The molecule has 0 unspecified atom stereocenters. The van der Waals surface area contributed by atoms with Crippen LogP contribution >= 0.6 is 11.6 Å². The van der Waals surface area contributed by atoms with Gasteiger partial charge in [0.15, 0.2) is 11.5 Å². The van der Waals surface area contributed by atoms with Crippen molar-refractivity contribution in [3.8, 4) is 0 Å². The maximum absolute atomic E-state index is 14.6. The van der Waals surface area contributed by atoms with Crippen LogP contribution in [0, 0.1) is 17.0 Å². The number of benzene rings is 1. The number of nitrogens with one attached hydrogen (secondary N) is 2. The minimum Gasteiger partial charge on any atom is -0.369 e. The van der Waals surface area contributed by atoms with E-state index in [-0.39, 0.29) is 22.7 Å². The zero-order chi connectivity index (χ0) is 24.0. The number of hydrogen-bond acceptors (Lipinski definition) is 6. The first-order chi connectivity index (χ1) is 16.2. The van der Waals surface area contributed by atoms with Gasteiger partial charge in [-0.2, -0.15) is 4.98 Å². The molecule has 3 aromatic rings. The summed E-state index contributed by atoms with van der Waals surface area (Å²) < 4.78 is 30.0. The van der Waals surface area contributed by atoms with E-state index in [1.807, 2.05) is 11.5 Å². The van der Waals surface area contributed by atoms with Crippen LogP contribution in [-0.2, 0) is 4.79 Å². The van der Waals surface area contributed by atoms with Gasteiger partial charge < -0.3 is 16.4 Å². The third-order valence-corrected chi connectivity index (χ3v) is 7.43. The third-order valence-electron chi connectivity index (χ3n) is 7.13. The number of aromatic nitrogens is 4. The predicted molar refractivity (Wildman–Crippen MR) is 126 cm³/mol. The van der Waals surface area contributed by atoms with E-state index >= 15 is 0 Å². The molecule has 2 fully saturated rings. The summed E-state index contributed by atoms with van der Waals surface area (Å²) in [5.41, 5.74) is 6.11. The van der Waals surface area contributed by atoms with E-state index in [0.717, 1.165) is 25.0 Å². The van der Waals surface area contributed by atoms with Gasteiger partial charge in [-0.3, -0.25) is 9.36 Å². The highest BCUT2D eigenvalue weighted by molar-refractivity contribution is 6.33. The lowest BCUT2D eigenvalue weighted by atomic mass is 9.73. The second kappa shape index (κ2) is 8.65. The summed E-state index contributed by atoms with van der Waals surface area (Å²) >= 11 is 6.13. The second-order valence-corrected chi connectivity index (χ2v) is 9.91. The van der Waals surface area contributed by atoms with Crippen molar-refractivity contribution in [2.45, 2.75) is 64.0 Å². The molecule has 180 valence electrons. The number of halogens is 3. The Morgan fingerprint density at radius 1 is 1.21 bits per heavy atom. The highest BCUT2D eigenvalue weighted by Crippen LogP contribution is 2.43. The van der Waals surface area contributed by atoms with Crippen LogP contribution in [0.15, 0.2) is 18.3 Å². The zero-order valence-electron chi connectivity index (χ0n) is 18.7. The average Bonchev–Trinajstić information content (AvgIpc) is 3.11. The van der Waals surface area contributed by atoms with Gasteiger partial charge in [-0.1, -0.05) is 18.5 Å². The van der Waals surface area contributed by atoms with Gasteiger partial charge in [0.1, 0.15) is 11.3 Å². The van der Waals surface area contributed by atoms with Gasteiger partial charge in [-0.25, -0.2) is 18.7 Å². The number of imidazole rings is 1. The highest BCUT2D eigenvalue weighted by Gasteiger charge is 2.38. The molecule has 2 aromatic heterocycles. The van der Waals surface area contributed by atoms with Gasteiger partial charge in [0.2, 0.25) is 17.8 Å². The number of carbonyl (C=O) groups excluding carboxylic acids is 1. The SMILES string of the molecule is C[C@]1(C(N)=O)CC[C@H](n2c(Nc3c(F)cc(F)cc3Cl)nc3cnc(NC4CCC4)nc32)CC1. The van der Waals surface area contributed by atoms with Crippen molar-refractivity contribution in [1.82, 2.24) is 19.5 Å². The molecule has 34 heavy (non-hydrogen) atoms. The highest BCUT2D eigenvalue weighted by atomic mass is 35.5. The van der Waals surface area contributed by atoms with Crippen molar-refractivity contribution in [3.05, 3.63) is 35.0 Å². The first kappa shape index (κ1) is 22.8. The lowest BCUT2D eigenvalue weighted by Gasteiger charge is -2.35. The number of rotatable bonds is 6. The summed E-state index contributed by atoms with van der Waals surface area (Å²) in [6.07, 6.45) is 7.49. The zero-order valence-corrected chi connectivity index (χ0v) is 19.5. The molecule has 0 radical (unpaired) electrons. The molecule has 1 amide bonds. The van der Waals surface area contributed by atoms with E-state index in [2.05, 4.69) is 20.6 Å². The molecule has 0 bridgehead atoms. The molecular weight excluding hydrogens is 464 g/mol. The Morgan fingerprint density at radius 2 is 1.94 bits per heavy atom. The standard InChI is InChI=1S/C23H26ClF2N7O/c1-23(20(27)34)7-5-14(6-8-23)33-19-17(11-28-21(32-19)29-13-3-2-4-13)30-22(33)31-18-15(24)9-12(25)10-16(18)26/h9-11,13-14H,2-8H2,1H3,(H2,27,34)(H,30,31)(H,28,29,32)/t14-,23-. The molecular formula is C23H26ClF2N7O. The normalized spacial score (nSPS) is 23.0. The van der Waals surface area contributed by atoms with Gasteiger partial charge in [0.25, 0.3) is 0 Å². The van der Waals surface area contributed by atoms with Crippen LogP contribution in [0.2, 0.25) is 5.02 Å². The van der Waals surface area contributed by atoms with E-state index in [4.69, 9.17) is 22.3 Å². The molecule has 8 nitrogen and oxygen atoms in total. The molecule has 4 N–H and O–H groups in total. The number of anilines is 3. The molecule has 0 spiro atoms. The van der Waals surface area contributed by atoms with Crippen LogP contribution in [-0.4, -0.2) is 31.5 Å². The molecule has 0 aliphatic heterocycles. The Bertz CT molecular complexity index is 1230. The molecule has 2 aliphatic rings. The lowest BCUT2D eigenvalue weighted by molar-refractivity contribution is -0.128. The summed E-state index contributed by atoms with van der Waals surface area (Å²) in [6, 6.07) is 2.10. The predicted octanol–water partition coefficient (Wildman–Crippen LogP) is 5.07. The topological polar surface area (TPSA) is 111 Å².